The number of aliphatic hydroxyl groups excluding tert-OH is 2. The minimum atomic E-state index is -1.13. The number of nitrogens with one attached hydrogen (secondary N) is 1. The Morgan fingerprint density at radius 1 is 1.21 bits per heavy atom. The fraction of sp³-hybridized carbons (Fsp3) is 0.789. The van der Waals surface area contributed by atoms with E-state index < -0.39 is 41.6 Å². The molecule has 0 aromatic heterocycles. The van der Waals surface area contributed by atoms with Crippen molar-refractivity contribution in [2.45, 2.75) is 64.7 Å². The van der Waals surface area contributed by atoms with E-state index in [0.29, 0.717) is 18.6 Å². The van der Waals surface area contributed by atoms with Gasteiger partial charge in [0.1, 0.15) is 0 Å². The van der Waals surface area contributed by atoms with Crippen LogP contribution in [0.15, 0.2) is 5.10 Å². The number of fused-ring (bicyclic) bond motifs is 3. The molecule has 0 aromatic rings. The van der Waals surface area contributed by atoms with Gasteiger partial charge in [-0.2, -0.15) is 5.10 Å². The number of imide groups is 1. The van der Waals surface area contributed by atoms with Crippen LogP contribution in [0.4, 0.5) is 4.79 Å². The third-order valence-corrected chi connectivity index (χ3v) is 6.02. The summed E-state index contributed by atoms with van der Waals surface area (Å²) in [6.07, 6.45) is -1.80. The summed E-state index contributed by atoms with van der Waals surface area (Å²) < 4.78 is 4.79. The number of hydrogen-bond acceptors (Lipinski definition) is 7. The number of rotatable bonds is 2. The zero-order valence-corrected chi connectivity index (χ0v) is 16.7. The lowest BCUT2D eigenvalue weighted by atomic mass is 9.60. The fourth-order valence-corrected chi connectivity index (χ4v) is 4.94. The topological polar surface area (TPSA) is 129 Å². The van der Waals surface area contributed by atoms with E-state index in [1.165, 1.54) is 4.90 Å². The zero-order chi connectivity index (χ0) is 20.8. The molecule has 6 atom stereocenters. The number of ether oxygens (including phenoxy) is 1. The smallest absolute Gasteiger partial charge is 0.427 e. The van der Waals surface area contributed by atoms with E-state index >= 15 is 0 Å². The Labute approximate surface area is 164 Å². The first-order chi connectivity index (χ1) is 13.1. The third-order valence-electron chi connectivity index (χ3n) is 6.02. The molecule has 28 heavy (non-hydrogen) atoms. The highest BCUT2D eigenvalue weighted by Crippen LogP contribution is 2.50. The minimum Gasteiger partial charge on any atom is -0.449 e. The molecule has 0 aromatic carbocycles. The van der Waals surface area contributed by atoms with Crippen molar-refractivity contribution in [3.63, 3.8) is 0 Å². The number of hydrogen-bond donors (Lipinski definition) is 3. The number of carbonyl (C=O) groups is 3. The van der Waals surface area contributed by atoms with Crippen molar-refractivity contribution >= 4 is 23.6 Å². The van der Waals surface area contributed by atoms with Crippen LogP contribution >= 0.6 is 0 Å². The van der Waals surface area contributed by atoms with Gasteiger partial charge in [0, 0.05) is 29.5 Å². The van der Waals surface area contributed by atoms with Gasteiger partial charge in [-0.15, -0.1) is 0 Å². The molecule has 1 aliphatic heterocycles. The first-order valence-electron chi connectivity index (χ1n) is 9.81. The van der Waals surface area contributed by atoms with Crippen LogP contribution in [0.5, 0.6) is 0 Å². The SMILES string of the molecule is CCOC(=O)NN=C1C[C@@H](O)[C@@H](O)[C@@H]2[C@@H]3C(=O)N(C(C)(C)C)C(=O)[C@@H]3CC[C@H]12. The second kappa shape index (κ2) is 7.44. The summed E-state index contributed by atoms with van der Waals surface area (Å²) in [5.41, 5.74) is 2.17. The highest BCUT2D eigenvalue weighted by atomic mass is 16.5. The molecule has 3 amide bonds. The maximum Gasteiger partial charge on any atom is 0.427 e. The molecule has 3 fully saturated rings. The maximum absolute atomic E-state index is 13.1. The van der Waals surface area contributed by atoms with Crippen molar-refractivity contribution in [1.29, 1.82) is 0 Å². The van der Waals surface area contributed by atoms with Crippen LogP contribution in [0.2, 0.25) is 0 Å². The quantitative estimate of drug-likeness (QED) is 0.465. The summed E-state index contributed by atoms with van der Waals surface area (Å²) >= 11 is 0. The van der Waals surface area contributed by atoms with Gasteiger partial charge in [-0.25, -0.2) is 10.2 Å². The Kier molecular flexibility index (Phi) is 5.51. The molecular weight excluding hydrogens is 366 g/mol. The van der Waals surface area contributed by atoms with Gasteiger partial charge in [0.25, 0.3) is 0 Å². The van der Waals surface area contributed by atoms with E-state index in [0.717, 1.165) is 0 Å². The second-order valence-corrected chi connectivity index (χ2v) is 8.77. The lowest BCUT2D eigenvalue weighted by molar-refractivity contribution is -0.146. The van der Waals surface area contributed by atoms with Gasteiger partial charge in [-0.1, -0.05) is 0 Å². The largest absolute Gasteiger partial charge is 0.449 e. The van der Waals surface area contributed by atoms with E-state index in [-0.39, 0.29) is 30.8 Å². The Bertz CT molecular complexity index is 700. The van der Waals surface area contributed by atoms with E-state index in [2.05, 4.69) is 10.5 Å². The Balaban J connectivity index is 1.91. The Morgan fingerprint density at radius 2 is 1.86 bits per heavy atom. The van der Waals surface area contributed by atoms with Crippen LogP contribution in [-0.2, 0) is 14.3 Å². The number of amides is 3. The van der Waals surface area contributed by atoms with E-state index in [1.807, 2.05) is 0 Å². The molecule has 0 spiro atoms. The molecule has 3 rings (SSSR count). The Hall–Kier alpha value is -2.00. The van der Waals surface area contributed by atoms with Crippen molar-refractivity contribution in [3.05, 3.63) is 0 Å². The highest BCUT2D eigenvalue weighted by molar-refractivity contribution is 6.06. The number of hydrazone groups is 1. The predicted octanol–water partition coefficient (Wildman–Crippen LogP) is 0.640. The molecule has 0 bridgehead atoms. The van der Waals surface area contributed by atoms with Gasteiger partial charge >= 0.3 is 6.09 Å². The van der Waals surface area contributed by atoms with E-state index in [4.69, 9.17) is 4.74 Å². The normalized spacial score (nSPS) is 36.9. The molecule has 2 saturated carbocycles. The molecule has 3 N–H and O–H groups in total. The average Bonchev–Trinajstić information content (AvgIpc) is 2.87. The average molecular weight is 395 g/mol. The standard InChI is InChI=1S/C19H29N3O6/c1-5-28-18(27)21-20-11-8-12(23)15(24)13-9(11)6-7-10-14(13)17(26)22(16(10)25)19(2,3)4/h9-10,12-15,23-24H,5-8H2,1-4H3,(H,21,27)/t9-,10-,12-,13+,14-,15-/m1/s1. The molecule has 9 heteroatoms. The molecular formula is C19H29N3O6. The summed E-state index contributed by atoms with van der Waals surface area (Å²) in [6.45, 7) is 7.29. The Morgan fingerprint density at radius 3 is 2.46 bits per heavy atom. The van der Waals surface area contributed by atoms with Gasteiger partial charge in [0.05, 0.1) is 30.7 Å². The lowest BCUT2D eigenvalue weighted by Gasteiger charge is -2.45. The molecule has 0 unspecified atom stereocenters. The van der Waals surface area contributed by atoms with Crippen LogP contribution in [0.3, 0.4) is 0 Å². The zero-order valence-electron chi connectivity index (χ0n) is 16.7. The molecule has 9 nitrogen and oxygen atoms in total. The first-order valence-corrected chi connectivity index (χ1v) is 9.81. The van der Waals surface area contributed by atoms with Gasteiger partial charge in [0.15, 0.2) is 0 Å². The third kappa shape index (κ3) is 3.41. The predicted molar refractivity (Wildman–Crippen MR) is 99.0 cm³/mol. The first kappa shape index (κ1) is 20.7. The lowest BCUT2D eigenvalue weighted by Crippen LogP contribution is -2.55. The van der Waals surface area contributed by atoms with Crippen LogP contribution < -0.4 is 5.43 Å². The summed E-state index contributed by atoms with van der Waals surface area (Å²) in [6, 6.07) is 0. The van der Waals surface area contributed by atoms with Crippen molar-refractivity contribution in [3.8, 4) is 0 Å². The number of carbonyl (C=O) groups excluding carboxylic acids is 3. The van der Waals surface area contributed by atoms with Gasteiger partial charge in [-0.3, -0.25) is 14.5 Å². The van der Waals surface area contributed by atoms with Crippen LogP contribution in [0, 0.1) is 23.7 Å². The van der Waals surface area contributed by atoms with Gasteiger partial charge < -0.3 is 14.9 Å². The minimum absolute atomic E-state index is 0.0945. The van der Waals surface area contributed by atoms with Crippen molar-refractivity contribution < 1.29 is 29.3 Å². The van der Waals surface area contributed by atoms with Crippen molar-refractivity contribution in [1.82, 2.24) is 10.3 Å². The van der Waals surface area contributed by atoms with Crippen LogP contribution in [-0.4, -0.2) is 63.1 Å². The van der Waals surface area contributed by atoms with E-state index in [1.54, 1.807) is 27.7 Å². The highest BCUT2D eigenvalue weighted by Gasteiger charge is 2.61. The summed E-state index contributed by atoms with van der Waals surface area (Å²) in [4.78, 5) is 38.9. The molecule has 3 aliphatic rings. The van der Waals surface area contributed by atoms with Gasteiger partial charge in [0.2, 0.25) is 11.8 Å². The van der Waals surface area contributed by atoms with Crippen LogP contribution in [0.1, 0.15) is 47.0 Å². The number of aliphatic hydroxyl groups is 2. The maximum atomic E-state index is 13.1. The molecule has 2 aliphatic carbocycles. The summed E-state index contributed by atoms with van der Waals surface area (Å²) in [5.74, 6) is -2.61. The second-order valence-electron chi connectivity index (χ2n) is 8.77. The van der Waals surface area contributed by atoms with Crippen molar-refractivity contribution in [2.75, 3.05) is 6.61 Å². The molecule has 1 heterocycles. The van der Waals surface area contributed by atoms with Crippen molar-refractivity contribution in [2.24, 2.45) is 28.8 Å². The van der Waals surface area contributed by atoms with Crippen LogP contribution in [0.25, 0.3) is 0 Å². The molecule has 156 valence electrons. The summed E-state index contributed by atoms with van der Waals surface area (Å²) in [5, 5.41) is 25.2. The number of nitrogens with zero attached hydrogens (tertiary/aromatic N) is 2. The number of likely N-dealkylation sites (tertiary alicyclic amines) is 1. The molecule has 0 radical (unpaired) electrons. The van der Waals surface area contributed by atoms with E-state index in [9.17, 15) is 24.6 Å². The van der Waals surface area contributed by atoms with Gasteiger partial charge in [-0.05, 0) is 40.5 Å². The molecule has 1 saturated heterocycles. The fourth-order valence-electron chi connectivity index (χ4n) is 4.94. The monoisotopic (exact) mass is 395 g/mol. The summed E-state index contributed by atoms with van der Waals surface area (Å²) in [7, 11) is 0.